The maximum absolute atomic E-state index is 14.4. The summed E-state index contributed by atoms with van der Waals surface area (Å²) >= 11 is 18.3. The van der Waals surface area contributed by atoms with Crippen molar-refractivity contribution >= 4 is 64.6 Å². The molecular formula is C46H45BCl3F2N8O6. The number of hydrogen-bond donors (Lipinski definition) is 3. The Morgan fingerprint density at radius 3 is 1.59 bits per heavy atom. The minimum absolute atomic E-state index is 0. The fraction of sp³-hybridized carbons (Fsp3) is 0.217. The third kappa shape index (κ3) is 10.8. The molecule has 0 unspecified atom stereocenters. The summed E-state index contributed by atoms with van der Waals surface area (Å²) in [6.07, 6.45) is 3.35. The van der Waals surface area contributed by atoms with Crippen molar-refractivity contribution in [1.29, 1.82) is 0 Å². The lowest BCUT2D eigenvalue weighted by Crippen LogP contribution is -2.31. The lowest BCUT2D eigenvalue weighted by molar-refractivity contribution is 0.431. The summed E-state index contributed by atoms with van der Waals surface area (Å²) in [6, 6.07) is 18.3. The smallest absolute Gasteiger partial charge is 0.535 e. The normalized spacial score (nSPS) is 10.7. The molecule has 0 atom stereocenters. The third-order valence-electron chi connectivity index (χ3n) is 9.62. The van der Waals surface area contributed by atoms with E-state index in [-0.39, 0.29) is 81.0 Å². The molecule has 343 valence electrons. The van der Waals surface area contributed by atoms with Crippen molar-refractivity contribution in [2.45, 2.75) is 68.2 Å². The summed E-state index contributed by atoms with van der Waals surface area (Å²) in [4.78, 5) is 72.2. The molecule has 0 saturated heterocycles. The Hall–Kier alpha value is -6.53. The fourth-order valence-electron chi connectivity index (χ4n) is 6.67. The highest BCUT2D eigenvalue weighted by Crippen LogP contribution is 2.32. The quantitative estimate of drug-likeness (QED) is 0.102. The summed E-state index contributed by atoms with van der Waals surface area (Å²) < 4.78 is 34.0. The van der Waals surface area contributed by atoms with Crippen LogP contribution in [0.4, 0.5) is 8.78 Å². The van der Waals surface area contributed by atoms with Gasteiger partial charge in [0.2, 0.25) is 0 Å². The van der Waals surface area contributed by atoms with E-state index in [0.717, 1.165) is 16.8 Å². The minimum Gasteiger partial charge on any atom is -0.535 e. The van der Waals surface area contributed by atoms with E-state index in [1.54, 1.807) is 54.9 Å². The van der Waals surface area contributed by atoms with Gasteiger partial charge in [-0.05, 0) is 85.3 Å². The Morgan fingerprint density at radius 1 is 0.667 bits per heavy atom. The first-order chi connectivity index (χ1) is 30.4. The Balaban J connectivity index is 0.000000237. The molecule has 2 aromatic carbocycles. The summed E-state index contributed by atoms with van der Waals surface area (Å²) in [5, 5.41) is 8.71. The summed E-state index contributed by atoms with van der Waals surface area (Å²) in [7, 11) is 0.443. The summed E-state index contributed by atoms with van der Waals surface area (Å²) in [5.41, 5.74) is 2.26. The topological polar surface area (TPSA) is 191 Å². The lowest BCUT2D eigenvalue weighted by Gasteiger charge is -2.18. The maximum atomic E-state index is 14.4. The molecule has 8 rings (SSSR count). The van der Waals surface area contributed by atoms with Crippen LogP contribution in [-0.4, -0.2) is 51.7 Å². The van der Waals surface area contributed by atoms with E-state index in [9.17, 15) is 28.0 Å². The van der Waals surface area contributed by atoms with E-state index in [0.29, 0.717) is 24.8 Å². The van der Waals surface area contributed by atoms with Crippen LogP contribution < -0.4 is 27.2 Å². The van der Waals surface area contributed by atoms with Crippen molar-refractivity contribution in [2.24, 2.45) is 0 Å². The van der Waals surface area contributed by atoms with Crippen LogP contribution >= 0.6 is 34.8 Å². The number of halogens is 5. The standard InChI is InChI=1S/C22H18ClFN4O2.C16H14Cl2N4O2.C6H5BFO2.2CH4/c1-11(2)17-19(12(3)8-9-25-17)28-20-14(21(29)27-22(28)30)10-15(23)18(26-20)13-6-4-5-7-16(13)24;1-7(2)11-12(8(3)4-5-19-11)22-14-9(15(23)21-16(22)24)6-10(17)13(18)20-14;8-5-3-1-2-4-6(5)10-7-9;;/h4-11H,1-3H3,(H,27,29,30);4-7H,1-3H3,(H,21,23,24);1-4,9H;2*1H4. The van der Waals surface area contributed by atoms with E-state index >= 15 is 0 Å². The molecule has 1 radical (unpaired) electrons. The van der Waals surface area contributed by atoms with Crippen molar-refractivity contribution in [3.05, 3.63) is 176 Å². The van der Waals surface area contributed by atoms with Gasteiger partial charge in [-0.3, -0.25) is 29.5 Å². The summed E-state index contributed by atoms with van der Waals surface area (Å²) in [6.45, 7) is 11.6. The van der Waals surface area contributed by atoms with Gasteiger partial charge in [0, 0.05) is 18.0 Å². The minimum atomic E-state index is -0.653. The highest BCUT2D eigenvalue weighted by Gasteiger charge is 2.22. The van der Waals surface area contributed by atoms with Crippen LogP contribution in [0.1, 0.15) is 76.9 Å². The molecule has 14 nitrogen and oxygen atoms in total. The second-order valence-electron chi connectivity index (χ2n) is 14.7. The molecule has 3 N–H and O–H groups in total. The molecular weight excluding hydrogens is 916 g/mol. The average molecular weight is 961 g/mol. The van der Waals surface area contributed by atoms with Crippen molar-refractivity contribution in [3.63, 3.8) is 0 Å². The third-order valence-corrected chi connectivity index (χ3v) is 10.6. The van der Waals surface area contributed by atoms with Gasteiger partial charge < -0.3 is 9.68 Å². The molecule has 6 heterocycles. The van der Waals surface area contributed by atoms with Crippen LogP contribution in [0.2, 0.25) is 15.2 Å². The highest BCUT2D eigenvalue weighted by molar-refractivity contribution is 6.41. The van der Waals surface area contributed by atoms with Crippen LogP contribution in [-0.2, 0) is 0 Å². The van der Waals surface area contributed by atoms with Gasteiger partial charge in [-0.25, -0.2) is 37.5 Å². The first-order valence-corrected chi connectivity index (χ1v) is 20.5. The molecule has 0 amide bonds. The molecule has 0 spiro atoms. The monoisotopic (exact) mass is 959 g/mol. The molecule has 0 aliphatic rings. The molecule has 6 aromatic heterocycles. The Morgan fingerprint density at radius 2 is 1.12 bits per heavy atom. The Labute approximate surface area is 393 Å². The molecule has 0 aliphatic carbocycles. The predicted molar refractivity (Wildman–Crippen MR) is 258 cm³/mol. The Bertz CT molecular complexity index is 3310. The zero-order valence-electron chi connectivity index (χ0n) is 34.9. The molecule has 8 aromatic rings. The van der Waals surface area contributed by atoms with E-state index in [1.807, 2.05) is 41.5 Å². The number of para-hydroxylation sites is 1. The number of fused-ring (bicyclic) bond motifs is 2. The maximum Gasteiger partial charge on any atom is 0.569 e. The lowest BCUT2D eigenvalue weighted by atomic mass is 10.0. The van der Waals surface area contributed by atoms with Crippen molar-refractivity contribution in [1.82, 2.24) is 39.0 Å². The molecule has 0 aliphatic heterocycles. The van der Waals surface area contributed by atoms with Gasteiger partial charge in [0.05, 0.1) is 49.3 Å². The van der Waals surface area contributed by atoms with Crippen LogP contribution in [0.3, 0.4) is 0 Å². The van der Waals surface area contributed by atoms with E-state index in [1.165, 1.54) is 39.5 Å². The highest BCUT2D eigenvalue weighted by atomic mass is 35.5. The second kappa shape index (κ2) is 22.1. The molecule has 66 heavy (non-hydrogen) atoms. The number of benzene rings is 2. The number of nitrogens with one attached hydrogen (secondary N) is 2. The van der Waals surface area contributed by atoms with Gasteiger partial charge in [0.1, 0.15) is 16.7 Å². The van der Waals surface area contributed by atoms with Gasteiger partial charge in [0.15, 0.2) is 17.1 Å². The zero-order chi connectivity index (χ0) is 46.6. The number of nitrogens with zero attached hydrogens (tertiary/aromatic N) is 6. The predicted octanol–water partition coefficient (Wildman–Crippen LogP) is 9.57. The van der Waals surface area contributed by atoms with Gasteiger partial charge >= 0.3 is 19.1 Å². The second-order valence-corrected chi connectivity index (χ2v) is 15.9. The fourth-order valence-corrected chi connectivity index (χ4v) is 7.21. The van der Waals surface area contributed by atoms with Crippen LogP contribution in [0.15, 0.2) is 104 Å². The molecule has 0 fully saturated rings. The van der Waals surface area contributed by atoms with E-state index < -0.39 is 34.1 Å². The van der Waals surface area contributed by atoms with Crippen LogP contribution in [0.25, 0.3) is 44.7 Å². The molecule has 0 bridgehead atoms. The van der Waals surface area contributed by atoms with Gasteiger partial charge in [0.25, 0.3) is 11.1 Å². The number of H-pyrrole nitrogens is 2. The Kier molecular flexibility index (Phi) is 17.5. The number of aromatic nitrogens is 8. The zero-order valence-corrected chi connectivity index (χ0v) is 37.1. The van der Waals surface area contributed by atoms with Crippen LogP contribution in [0.5, 0.6) is 5.75 Å². The van der Waals surface area contributed by atoms with Gasteiger partial charge in [-0.15, -0.1) is 0 Å². The number of hydrogen-bond acceptors (Lipinski definition) is 10. The largest absolute Gasteiger partial charge is 0.569 e. The number of rotatable bonds is 7. The van der Waals surface area contributed by atoms with Gasteiger partial charge in [-0.1, -0.05) is 102 Å². The first kappa shape index (κ1) is 52.1. The SMILES string of the molecule is C.C.Cc1ccnc(C(C)C)c1-n1c(=O)[nH]c(=O)c2cc(Cl)c(-c3ccccc3F)nc21.Cc1ccnc(C(C)C)c1-n1c(=O)[nH]c(=O)c2cc(Cl)c(Cl)nc21.O[B]Oc1ccccc1F. The molecule has 0 saturated carbocycles. The molecule has 20 heteroatoms. The number of aryl methyl sites for hydroxylation is 2. The van der Waals surface area contributed by atoms with E-state index in [2.05, 4.69) is 34.6 Å². The van der Waals surface area contributed by atoms with Crippen LogP contribution in [0, 0.1) is 25.5 Å². The van der Waals surface area contributed by atoms with Crippen molar-refractivity contribution in [3.8, 4) is 28.4 Å². The van der Waals surface area contributed by atoms with Gasteiger partial charge in [-0.2, -0.15) is 0 Å². The van der Waals surface area contributed by atoms with Crippen molar-refractivity contribution < 1.29 is 18.5 Å². The average Bonchev–Trinajstić information content (AvgIpc) is 3.24. The first-order valence-electron chi connectivity index (χ1n) is 19.3. The van der Waals surface area contributed by atoms with E-state index in [4.69, 9.17) is 39.8 Å². The summed E-state index contributed by atoms with van der Waals surface area (Å²) in [5.74, 6) is -0.910. The van der Waals surface area contributed by atoms with Crippen molar-refractivity contribution in [2.75, 3.05) is 0 Å². The number of pyridine rings is 4. The number of aromatic amines is 2.